The Morgan fingerprint density at radius 2 is 1.71 bits per heavy atom. The Morgan fingerprint density at radius 3 is 2.25 bits per heavy atom. The molecule has 0 aliphatic heterocycles. The van der Waals surface area contributed by atoms with E-state index >= 15 is 0 Å². The van der Waals surface area contributed by atoms with Crippen molar-refractivity contribution in [3.05, 3.63) is 65.0 Å². The van der Waals surface area contributed by atoms with Gasteiger partial charge in [0.25, 0.3) is 5.91 Å². The van der Waals surface area contributed by atoms with E-state index in [1.165, 1.54) is 12.1 Å². The Labute approximate surface area is 162 Å². The van der Waals surface area contributed by atoms with Gasteiger partial charge in [-0.15, -0.1) is 0 Å². The second-order valence-electron chi connectivity index (χ2n) is 6.93. The van der Waals surface area contributed by atoms with Crippen molar-refractivity contribution in [3.8, 4) is 0 Å². The molecule has 0 aliphatic carbocycles. The number of halogens is 1. The van der Waals surface area contributed by atoms with Crippen LogP contribution in [0.1, 0.15) is 35.3 Å². The number of hydrogen-bond donors (Lipinski definition) is 3. The first-order valence-corrected chi connectivity index (χ1v) is 8.86. The van der Waals surface area contributed by atoms with Gasteiger partial charge in [-0.05, 0) is 42.7 Å². The number of rotatable bonds is 7. The minimum absolute atomic E-state index is 0.0265. The van der Waals surface area contributed by atoms with E-state index in [1.807, 2.05) is 6.92 Å². The lowest BCUT2D eigenvalue weighted by atomic mass is 10.0. The van der Waals surface area contributed by atoms with Crippen LogP contribution in [-0.4, -0.2) is 28.9 Å². The molecule has 6 nitrogen and oxygen atoms in total. The third kappa shape index (κ3) is 5.64. The highest BCUT2D eigenvalue weighted by molar-refractivity contribution is 6.01. The van der Waals surface area contributed by atoms with Crippen molar-refractivity contribution >= 4 is 23.5 Å². The number of aryl methyl sites for hydroxylation is 1. The van der Waals surface area contributed by atoms with Crippen LogP contribution < -0.4 is 10.6 Å². The van der Waals surface area contributed by atoms with Crippen LogP contribution in [0.4, 0.5) is 10.1 Å². The molecule has 0 radical (unpaired) electrons. The van der Waals surface area contributed by atoms with E-state index in [-0.39, 0.29) is 23.1 Å². The summed E-state index contributed by atoms with van der Waals surface area (Å²) in [7, 11) is 0. The number of carbonyl (C=O) groups is 3. The van der Waals surface area contributed by atoms with E-state index in [1.54, 1.807) is 38.1 Å². The molecule has 0 heterocycles. The summed E-state index contributed by atoms with van der Waals surface area (Å²) < 4.78 is 14.0. The van der Waals surface area contributed by atoms with Crippen molar-refractivity contribution in [2.45, 2.75) is 33.2 Å². The van der Waals surface area contributed by atoms with Gasteiger partial charge in [0.05, 0.1) is 6.42 Å². The minimum Gasteiger partial charge on any atom is -0.481 e. The van der Waals surface area contributed by atoms with Crippen LogP contribution in [0.5, 0.6) is 0 Å². The molecule has 1 unspecified atom stereocenters. The molecular weight excluding hydrogens is 363 g/mol. The van der Waals surface area contributed by atoms with Gasteiger partial charge in [-0.1, -0.05) is 37.6 Å². The first kappa shape index (κ1) is 21.1. The van der Waals surface area contributed by atoms with Crippen molar-refractivity contribution in [2.24, 2.45) is 5.92 Å². The van der Waals surface area contributed by atoms with E-state index in [9.17, 15) is 18.8 Å². The van der Waals surface area contributed by atoms with Gasteiger partial charge >= 0.3 is 5.97 Å². The highest BCUT2D eigenvalue weighted by Gasteiger charge is 2.25. The molecule has 2 rings (SSSR count). The zero-order valence-corrected chi connectivity index (χ0v) is 16.0. The van der Waals surface area contributed by atoms with Crippen molar-refractivity contribution in [1.29, 1.82) is 0 Å². The monoisotopic (exact) mass is 386 g/mol. The highest BCUT2D eigenvalue weighted by atomic mass is 19.1. The largest absolute Gasteiger partial charge is 0.481 e. The zero-order chi connectivity index (χ0) is 20.8. The van der Waals surface area contributed by atoms with Gasteiger partial charge in [0.2, 0.25) is 5.91 Å². The van der Waals surface area contributed by atoms with Gasteiger partial charge in [0.15, 0.2) is 0 Å². The molecular formula is C21H23FN2O4. The normalized spacial score (nSPS) is 11.8. The second-order valence-corrected chi connectivity index (χ2v) is 6.93. The van der Waals surface area contributed by atoms with Gasteiger partial charge in [-0.2, -0.15) is 0 Å². The summed E-state index contributed by atoms with van der Waals surface area (Å²) in [5.41, 5.74) is 1.67. The first-order chi connectivity index (χ1) is 13.2. The molecule has 3 N–H and O–H groups in total. The molecule has 28 heavy (non-hydrogen) atoms. The van der Waals surface area contributed by atoms with Crippen molar-refractivity contribution in [1.82, 2.24) is 5.32 Å². The molecule has 7 heteroatoms. The maximum Gasteiger partial charge on any atom is 0.307 e. The Bertz CT molecular complexity index is 878. The molecule has 0 fully saturated rings. The summed E-state index contributed by atoms with van der Waals surface area (Å²) in [5, 5.41) is 14.0. The zero-order valence-electron chi connectivity index (χ0n) is 16.0. The molecule has 1 atom stereocenters. The second kappa shape index (κ2) is 9.12. The summed E-state index contributed by atoms with van der Waals surface area (Å²) in [6, 6.07) is 9.95. The molecule has 0 bridgehead atoms. The summed E-state index contributed by atoms with van der Waals surface area (Å²) in [5.74, 6) is -2.93. The smallest absolute Gasteiger partial charge is 0.307 e. The molecule has 0 aromatic heterocycles. The van der Waals surface area contributed by atoms with Crippen LogP contribution in [0.2, 0.25) is 0 Å². The van der Waals surface area contributed by atoms with E-state index in [0.29, 0.717) is 5.56 Å². The fourth-order valence-corrected chi connectivity index (χ4v) is 2.62. The lowest BCUT2D eigenvalue weighted by Gasteiger charge is -2.22. The minimum atomic E-state index is -1.14. The molecule has 2 aromatic carbocycles. The van der Waals surface area contributed by atoms with E-state index in [4.69, 9.17) is 5.11 Å². The number of hydrogen-bond acceptors (Lipinski definition) is 3. The van der Waals surface area contributed by atoms with E-state index in [0.717, 1.165) is 11.6 Å². The van der Waals surface area contributed by atoms with E-state index in [2.05, 4.69) is 10.6 Å². The van der Waals surface area contributed by atoms with Gasteiger partial charge in [-0.25, -0.2) is 4.39 Å². The fourth-order valence-electron chi connectivity index (χ4n) is 2.62. The Kier molecular flexibility index (Phi) is 6.87. The maximum absolute atomic E-state index is 14.0. The number of carboxylic acids is 1. The van der Waals surface area contributed by atoms with Crippen molar-refractivity contribution in [3.63, 3.8) is 0 Å². The predicted molar refractivity (Wildman–Crippen MR) is 104 cm³/mol. The number of amides is 2. The van der Waals surface area contributed by atoms with E-state index < -0.39 is 30.2 Å². The van der Waals surface area contributed by atoms with Crippen LogP contribution in [0.25, 0.3) is 0 Å². The lowest BCUT2D eigenvalue weighted by Crippen LogP contribution is -2.47. The van der Waals surface area contributed by atoms with Crippen LogP contribution in [0, 0.1) is 18.7 Å². The standard InChI is InChI=1S/C21H23FN2O4/c1-12(2)19(24-20(27)14-6-4-13(3)5-7-14)21(28)23-16-9-8-15(10-18(25)26)17(22)11-16/h4-9,11-12,19H,10H2,1-3H3,(H,23,28)(H,24,27)(H,25,26). The van der Waals surface area contributed by atoms with Crippen molar-refractivity contribution < 1.29 is 23.9 Å². The number of carbonyl (C=O) groups excluding carboxylic acids is 2. The molecule has 2 amide bonds. The van der Waals surface area contributed by atoms with Crippen LogP contribution >= 0.6 is 0 Å². The Morgan fingerprint density at radius 1 is 1.07 bits per heavy atom. The predicted octanol–water partition coefficient (Wildman–Crippen LogP) is 3.15. The molecule has 2 aromatic rings. The highest BCUT2D eigenvalue weighted by Crippen LogP contribution is 2.16. The maximum atomic E-state index is 14.0. The van der Waals surface area contributed by atoms with Gasteiger partial charge in [0, 0.05) is 11.3 Å². The van der Waals surface area contributed by atoms with Gasteiger partial charge in [-0.3, -0.25) is 14.4 Å². The number of benzene rings is 2. The van der Waals surface area contributed by atoms with Crippen LogP contribution in [0.15, 0.2) is 42.5 Å². The average Bonchev–Trinajstić information content (AvgIpc) is 2.61. The van der Waals surface area contributed by atoms with Crippen molar-refractivity contribution in [2.75, 3.05) is 5.32 Å². The number of nitrogens with one attached hydrogen (secondary N) is 2. The van der Waals surface area contributed by atoms with Crippen LogP contribution in [-0.2, 0) is 16.0 Å². The first-order valence-electron chi connectivity index (χ1n) is 8.86. The number of aliphatic carboxylic acids is 1. The van der Waals surface area contributed by atoms with Gasteiger partial charge in [0.1, 0.15) is 11.9 Å². The number of anilines is 1. The molecule has 0 aliphatic rings. The quantitative estimate of drug-likeness (QED) is 0.681. The summed E-state index contributed by atoms with van der Waals surface area (Å²) in [4.78, 5) is 35.7. The summed E-state index contributed by atoms with van der Waals surface area (Å²) >= 11 is 0. The molecule has 148 valence electrons. The fraction of sp³-hybridized carbons (Fsp3) is 0.286. The molecule has 0 saturated heterocycles. The molecule has 0 saturated carbocycles. The topological polar surface area (TPSA) is 95.5 Å². The lowest BCUT2D eigenvalue weighted by molar-refractivity contribution is -0.136. The van der Waals surface area contributed by atoms with Gasteiger partial charge < -0.3 is 15.7 Å². The SMILES string of the molecule is Cc1ccc(C(=O)NC(C(=O)Nc2ccc(CC(=O)O)c(F)c2)C(C)C)cc1. The summed E-state index contributed by atoms with van der Waals surface area (Å²) in [6.07, 6.45) is -0.443. The molecule has 0 spiro atoms. The van der Waals surface area contributed by atoms with Crippen LogP contribution in [0.3, 0.4) is 0 Å². The summed E-state index contributed by atoms with van der Waals surface area (Å²) in [6.45, 7) is 5.49. The third-order valence-electron chi connectivity index (χ3n) is 4.21. The third-order valence-corrected chi connectivity index (χ3v) is 4.21. The average molecular weight is 386 g/mol. The number of carboxylic acid groups (broad SMARTS) is 1. The Balaban J connectivity index is 2.10. The Hall–Kier alpha value is -3.22.